The molecule has 4 atom stereocenters. The van der Waals surface area contributed by atoms with Gasteiger partial charge in [0, 0.05) is 29.2 Å². The molecule has 2 fully saturated rings. The van der Waals surface area contributed by atoms with Gasteiger partial charge in [-0.05, 0) is 25.0 Å². The molecule has 0 spiro atoms. The number of amides is 1. The summed E-state index contributed by atoms with van der Waals surface area (Å²) in [6, 6.07) is 4.11. The summed E-state index contributed by atoms with van der Waals surface area (Å²) in [5, 5.41) is 3.11. The molecular formula is C15H18ClFN2O2. The maximum atomic E-state index is 13.7. The highest BCUT2D eigenvalue weighted by molar-refractivity contribution is 6.31. The second-order valence-electron chi connectivity index (χ2n) is 5.69. The van der Waals surface area contributed by atoms with Crippen molar-refractivity contribution in [2.75, 3.05) is 6.61 Å². The molecule has 2 aliphatic rings. The van der Waals surface area contributed by atoms with Gasteiger partial charge in [-0.1, -0.05) is 17.7 Å². The Kier molecular flexibility index (Phi) is 4.15. The largest absolute Gasteiger partial charge is 0.376 e. The molecule has 1 saturated heterocycles. The molecule has 0 aromatic heterocycles. The van der Waals surface area contributed by atoms with E-state index in [0.717, 1.165) is 12.8 Å². The summed E-state index contributed by atoms with van der Waals surface area (Å²) in [5.74, 6) is -0.432. The van der Waals surface area contributed by atoms with Gasteiger partial charge in [-0.25, -0.2) is 4.39 Å². The summed E-state index contributed by atoms with van der Waals surface area (Å²) in [5.41, 5.74) is 6.30. The Bertz CT molecular complexity index is 534. The van der Waals surface area contributed by atoms with E-state index in [-0.39, 0.29) is 41.1 Å². The highest BCUT2D eigenvalue weighted by Crippen LogP contribution is 2.37. The lowest BCUT2D eigenvalue weighted by molar-refractivity contribution is -0.138. The molecule has 1 aliphatic carbocycles. The number of hydrogen-bond donors (Lipinski definition) is 2. The van der Waals surface area contributed by atoms with Gasteiger partial charge in [0.2, 0.25) is 5.91 Å². The molecule has 6 heteroatoms. The second-order valence-corrected chi connectivity index (χ2v) is 6.10. The van der Waals surface area contributed by atoms with Crippen molar-refractivity contribution in [1.82, 2.24) is 5.32 Å². The van der Waals surface area contributed by atoms with Gasteiger partial charge in [-0.2, -0.15) is 0 Å². The molecule has 0 bridgehead atoms. The van der Waals surface area contributed by atoms with E-state index in [1.807, 2.05) is 0 Å². The third-order valence-corrected chi connectivity index (χ3v) is 4.76. The molecule has 3 N–H and O–H groups in total. The van der Waals surface area contributed by atoms with Crippen LogP contribution in [0.1, 0.15) is 18.4 Å². The van der Waals surface area contributed by atoms with E-state index in [4.69, 9.17) is 22.1 Å². The van der Waals surface area contributed by atoms with Crippen LogP contribution in [-0.4, -0.2) is 30.7 Å². The maximum absolute atomic E-state index is 13.7. The van der Waals surface area contributed by atoms with Gasteiger partial charge < -0.3 is 15.8 Å². The maximum Gasteiger partial charge on any atom is 0.224 e. The van der Waals surface area contributed by atoms with Crippen molar-refractivity contribution < 1.29 is 13.9 Å². The molecule has 0 radical (unpaired) electrons. The predicted octanol–water partition coefficient (Wildman–Crippen LogP) is 1.64. The van der Waals surface area contributed by atoms with Gasteiger partial charge in [0.25, 0.3) is 0 Å². The van der Waals surface area contributed by atoms with Gasteiger partial charge in [0.15, 0.2) is 0 Å². The van der Waals surface area contributed by atoms with E-state index >= 15 is 0 Å². The van der Waals surface area contributed by atoms with Gasteiger partial charge in [-0.15, -0.1) is 0 Å². The molecule has 3 rings (SSSR count). The molecule has 4 nitrogen and oxygen atoms in total. The molecule has 1 saturated carbocycles. The van der Waals surface area contributed by atoms with Gasteiger partial charge in [0.1, 0.15) is 5.82 Å². The lowest BCUT2D eigenvalue weighted by Gasteiger charge is -2.52. The zero-order valence-corrected chi connectivity index (χ0v) is 12.3. The van der Waals surface area contributed by atoms with Crippen LogP contribution in [0.25, 0.3) is 0 Å². The Labute approximate surface area is 127 Å². The minimum atomic E-state index is -0.470. The van der Waals surface area contributed by atoms with Crippen molar-refractivity contribution in [3.05, 3.63) is 34.6 Å². The number of carbonyl (C=O) groups is 1. The SMILES string of the molecule is NC1C2CCCOC2C1NC(=O)Cc1c(F)cccc1Cl. The topological polar surface area (TPSA) is 64.3 Å². The summed E-state index contributed by atoms with van der Waals surface area (Å²) >= 11 is 5.93. The van der Waals surface area contributed by atoms with Gasteiger partial charge >= 0.3 is 0 Å². The van der Waals surface area contributed by atoms with E-state index in [1.54, 1.807) is 6.07 Å². The van der Waals surface area contributed by atoms with E-state index < -0.39 is 5.82 Å². The summed E-state index contributed by atoms with van der Waals surface area (Å²) < 4.78 is 19.3. The second kappa shape index (κ2) is 5.91. The van der Waals surface area contributed by atoms with Crippen LogP contribution in [-0.2, 0) is 16.0 Å². The Hall–Kier alpha value is -1.17. The average Bonchev–Trinajstić information content (AvgIpc) is 2.48. The zero-order chi connectivity index (χ0) is 15.0. The number of rotatable bonds is 3. The van der Waals surface area contributed by atoms with Gasteiger partial charge in [0.05, 0.1) is 18.6 Å². The highest BCUT2D eigenvalue weighted by atomic mass is 35.5. The standard InChI is InChI=1S/C15H18ClFN2O2/c16-10-4-1-5-11(17)9(10)7-12(20)19-14-13(18)8-3-2-6-21-15(8)14/h1,4-5,8,13-15H,2-3,6-7,18H2,(H,19,20). The van der Waals surface area contributed by atoms with Crippen LogP contribution >= 0.6 is 11.6 Å². The van der Waals surface area contributed by atoms with E-state index in [9.17, 15) is 9.18 Å². The van der Waals surface area contributed by atoms with E-state index in [2.05, 4.69) is 5.32 Å². The number of ether oxygens (including phenoxy) is 1. The van der Waals surface area contributed by atoms with Crippen molar-refractivity contribution >= 4 is 17.5 Å². The smallest absolute Gasteiger partial charge is 0.224 e. The number of fused-ring (bicyclic) bond motifs is 1. The molecule has 1 aromatic carbocycles. The van der Waals surface area contributed by atoms with Crippen LogP contribution in [0.2, 0.25) is 5.02 Å². The Morgan fingerprint density at radius 2 is 2.33 bits per heavy atom. The molecule has 4 unspecified atom stereocenters. The van der Waals surface area contributed by atoms with Crippen LogP contribution in [0.15, 0.2) is 18.2 Å². The summed E-state index contributed by atoms with van der Waals surface area (Å²) in [6.07, 6.45) is 1.96. The van der Waals surface area contributed by atoms with Crippen LogP contribution in [0, 0.1) is 11.7 Å². The van der Waals surface area contributed by atoms with Crippen LogP contribution < -0.4 is 11.1 Å². The third kappa shape index (κ3) is 2.78. The van der Waals surface area contributed by atoms with Crippen LogP contribution in [0.4, 0.5) is 4.39 Å². The minimum Gasteiger partial charge on any atom is -0.376 e. The van der Waals surface area contributed by atoms with Crippen molar-refractivity contribution in [2.24, 2.45) is 11.7 Å². The predicted molar refractivity (Wildman–Crippen MR) is 77.5 cm³/mol. The molecule has 1 heterocycles. The first kappa shape index (κ1) is 14.8. The summed E-state index contributed by atoms with van der Waals surface area (Å²) in [4.78, 5) is 12.1. The van der Waals surface area contributed by atoms with Crippen LogP contribution in [0.3, 0.4) is 0 Å². The van der Waals surface area contributed by atoms with Crippen molar-refractivity contribution in [2.45, 2.75) is 37.5 Å². The normalized spacial score (nSPS) is 31.2. The van der Waals surface area contributed by atoms with Gasteiger partial charge in [-0.3, -0.25) is 4.79 Å². The molecule has 1 aliphatic heterocycles. The fourth-order valence-electron chi connectivity index (χ4n) is 3.22. The lowest BCUT2D eigenvalue weighted by Crippen LogP contribution is -2.72. The third-order valence-electron chi connectivity index (χ3n) is 4.40. The summed E-state index contributed by atoms with van der Waals surface area (Å²) in [7, 11) is 0. The molecule has 114 valence electrons. The number of halogens is 2. The van der Waals surface area contributed by atoms with E-state index in [0.29, 0.717) is 12.5 Å². The molecule has 21 heavy (non-hydrogen) atoms. The summed E-state index contributed by atoms with van der Waals surface area (Å²) in [6.45, 7) is 0.708. The molecule has 1 aromatic rings. The van der Waals surface area contributed by atoms with Crippen molar-refractivity contribution in [3.63, 3.8) is 0 Å². The minimum absolute atomic E-state index is 0.00575. The monoisotopic (exact) mass is 312 g/mol. The number of hydrogen-bond acceptors (Lipinski definition) is 3. The number of nitrogens with one attached hydrogen (secondary N) is 1. The van der Waals surface area contributed by atoms with Crippen molar-refractivity contribution in [1.29, 1.82) is 0 Å². The Morgan fingerprint density at radius 3 is 3.10 bits per heavy atom. The quantitative estimate of drug-likeness (QED) is 0.892. The Balaban J connectivity index is 1.62. The number of carbonyl (C=O) groups excluding carboxylic acids is 1. The van der Waals surface area contributed by atoms with Crippen LogP contribution in [0.5, 0.6) is 0 Å². The fourth-order valence-corrected chi connectivity index (χ4v) is 3.45. The fraction of sp³-hybridized carbons (Fsp3) is 0.533. The number of benzene rings is 1. The first-order chi connectivity index (χ1) is 10.1. The molecule has 1 amide bonds. The first-order valence-corrected chi connectivity index (χ1v) is 7.55. The zero-order valence-electron chi connectivity index (χ0n) is 11.5. The Morgan fingerprint density at radius 1 is 1.52 bits per heavy atom. The van der Waals surface area contributed by atoms with Crippen molar-refractivity contribution in [3.8, 4) is 0 Å². The van der Waals surface area contributed by atoms with E-state index in [1.165, 1.54) is 12.1 Å². The lowest BCUT2D eigenvalue weighted by atomic mass is 9.68. The highest BCUT2D eigenvalue weighted by Gasteiger charge is 2.51. The molecular weight excluding hydrogens is 295 g/mol. The number of nitrogens with two attached hydrogens (primary N) is 1. The first-order valence-electron chi connectivity index (χ1n) is 7.17. The average molecular weight is 313 g/mol.